The summed E-state index contributed by atoms with van der Waals surface area (Å²) in [5, 5.41) is 4.55. The summed E-state index contributed by atoms with van der Waals surface area (Å²) in [6, 6.07) is 9.24. The summed E-state index contributed by atoms with van der Waals surface area (Å²) in [4.78, 5) is 12.4. The molecule has 0 amide bonds. The minimum atomic E-state index is -0.175. The third-order valence-electron chi connectivity index (χ3n) is 2.23. The van der Waals surface area contributed by atoms with E-state index in [4.69, 9.17) is 4.42 Å². The number of aromatic nitrogens is 2. The van der Waals surface area contributed by atoms with E-state index in [1.165, 1.54) is 6.20 Å². The smallest absolute Gasteiger partial charge is 0.241 e. The summed E-state index contributed by atoms with van der Waals surface area (Å²) in [6.45, 7) is 0. The van der Waals surface area contributed by atoms with Crippen molar-refractivity contribution in [2.24, 2.45) is 0 Å². The Balaban J connectivity index is 2.10. The minimum Gasteiger partial charge on any atom is -0.453 e. The Kier molecular flexibility index (Phi) is 2.04. The molecule has 1 aromatic carbocycles. The summed E-state index contributed by atoms with van der Waals surface area (Å²) in [6.07, 6.45) is 1.44. The maximum atomic E-state index is 11.9. The lowest BCUT2D eigenvalue weighted by molar-refractivity contribution is 0.101. The van der Waals surface area contributed by atoms with Crippen molar-refractivity contribution < 1.29 is 9.21 Å². The van der Waals surface area contributed by atoms with E-state index in [1.54, 1.807) is 6.07 Å². The molecule has 0 aliphatic carbocycles. The normalized spacial score (nSPS) is 10.8. The van der Waals surface area contributed by atoms with Gasteiger partial charge in [0, 0.05) is 5.39 Å². The number of furan rings is 1. The summed E-state index contributed by atoms with van der Waals surface area (Å²) < 4.78 is 9.11. The largest absolute Gasteiger partial charge is 0.453 e. The zero-order chi connectivity index (χ0) is 11.0. The molecule has 4 nitrogen and oxygen atoms in total. The van der Waals surface area contributed by atoms with E-state index in [0.29, 0.717) is 16.2 Å². The van der Waals surface area contributed by atoms with Crippen LogP contribution >= 0.6 is 11.5 Å². The molecule has 0 aliphatic rings. The molecule has 78 valence electrons. The van der Waals surface area contributed by atoms with Crippen LogP contribution in [0.15, 0.2) is 40.9 Å². The monoisotopic (exact) mass is 230 g/mol. The Morgan fingerprint density at radius 1 is 1.31 bits per heavy atom. The van der Waals surface area contributed by atoms with Crippen LogP contribution in [0.3, 0.4) is 0 Å². The van der Waals surface area contributed by atoms with Gasteiger partial charge in [-0.25, -0.2) is 0 Å². The number of hydrogen-bond acceptors (Lipinski definition) is 5. The summed E-state index contributed by atoms with van der Waals surface area (Å²) in [5.41, 5.74) is 0.711. The predicted molar refractivity (Wildman–Crippen MR) is 59.6 cm³/mol. The average Bonchev–Trinajstić information content (AvgIpc) is 2.97. The molecule has 2 heterocycles. The Morgan fingerprint density at radius 3 is 2.94 bits per heavy atom. The van der Waals surface area contributed by atoms with Gasteiger partial charge in [0.15, 0.2) is 5.76 Å². The predicted octanol–water partition coefficient (Wildman–Crippen LogP) is 2.52. The second-order valence-electron chi connectivity index (χ2n) is 3.26. The topological polar surface area (TPSA) is 56.0 Å². The molecule has 0 N–H and O–H groups in total. The summed E-state index contributed by atoms with van der Waals surface area (Å²) in [7, 11) is 0. The molecule has 0 atom stereocenters. The molecular weight excluding hydrogens is 224 g/mol. The van der Waals surface area contributed by atoms with Gasteiger partial charge in [0.1, 0.15) is 10.5 Å². The first-order valence-electron chi connectivity index (χ1n) is 4.65. The number of hydrogen-bond donors (Lipinski definition) is 0. The number of fused-ring (bicyclic) bond motifs is 1. The van der Waals surface area contributed by atoms with Crippen LogP contribution in [0.2, 0.25) is 0 Å². The van der Waals surface area contributed by atoms with Crippen molar-refractivity contribution in [3.63, 3.8) is 0 Å². The first kappa shape index (κ1) is 9.23. The molecule has 3 rings (SSSR count). The van der Waals surface area contributed by atoms with Crippen molar-refractivity contribution in [2.75, 3.05) is 0 Å². The van der Waals surface area contributed by atoms with Gasteiger partial charge >= 0.3 is 0 Å². The Hall–Kier alpha value is -2.01. The highest BCUT2D eigenvalue weighted by Gasteiger charge is 2.16. The van der Waals surface area contributed by atoms with Crippen LogP contribution in [0.5, 0.6) is 0 Å². The highest BCUT2D eigenvalue weighted by atomic mass is 32.1. The second kappa shape index (κ2) is 3.53. The first-order chi connectivity index (χ1) is 7.84. The van der Waals surface area contributed by atoms with E-state index in [-0.39, 0.29) is 5.78 Å². The lowest BCUT2D eigenvalue weighted by Crippen LogP contribution is -1.95. The molecule has 0 radical (unpaired) electrons. The van der Waals surface area contributed by atoms with Crippen molar-refractivity contribution in [3.05, 3.63) is 47.2 Å². The summed E-state index contributed by atoms with van der Waals surface area (Å²) >= 11 is 1.07. The minimum absolute atomic E-state index is 0.175. The Labute approximate surface area is 94.7 Å². The number of benzene rings is 1. The average molecular weight is 230 g/mol. The molecule has 0 fully saturated rings. The van der Waals surface area contributed by atoms with Crippen LogP contribution in [-0.2, 0) is 0 Å². The van der Waals surface area contributed by atoms with Gasteiger partial charge in [0.2, 0.25) is 5.78 Å². The zero-order valence-corrected chi connectivity index (χ0v) is 8.90. The van der Waals surface area contributed by atoms with Crippen molar-refractivity contribution in [1.82, 2.24) is 9.59 Å². The fourth-order valence-electron chi connectivity index (χ4n) is 1.48. The number of para-hydroxylation sites is 1. The molecule has 0 spiro atoms. The maximum absolute atomic E-state index is 11.9. The van der Waals surface area contributed by atoms with E-state index < -0.39 is 0 Å². The van der Waals surface area contributed by atoms with Crippen LogP contribution in [0, 0.1) is 0 Å². The van der Waals surface area contributed by atoms with E-state index >= 15 is 0 Å². The molecule has 0 saturated heterocycles. The van der Waals surface area contributed by atoms with Crippen LogP contribution in [0.4, 0.5) is 0 Å². The van der Waals surface area contributed by atoms with Gasteiger partial charge in [-0.05, 0) is 23.7 Å². The zero-order valence-electron chi connectivity index (χ0n) is 8.08. The molecule has 0 aliphatic heterocycles. The van der Waals surface area contributed by atoms with Gasteiger partial charge in [0.05, 0.1) is 6.20 Å². The van der Waals surface area contributed by atoms with Crippen LogP contribution in [0.1, 0.15) is 15.4 Å². The van der Waals surface area contributed by atoms with E-state index in [1.807, 2.05) is 24.3 Å². The first-order valence-corrected chi connectivity index (χ1v) is 5.42. The van der Waals surface area contributed by atoms with Crippen molar-refractivity contribution in [2.45, 2.75) is 0 Å². The van der Waals surface area contributed by atoms with Gasteiger partial charge in [-0.1, -0.05) is 22.7 Å². The molecule has 16 heavy (non-hydrogen) atoms. The molecule has 5 heteroatoms. The van der Waals surface area contributed by atoms with E-state index in [9.17, 15) is 4.79 Å². The van der Waals surface area contributed by atoms with Gasteiger partial charge in [-0.15, -0.1) is 5.10 Å². The van der Waals surface area contributed by atoms with Crippen LogP contribution in [-0.4, -0.2) is 15.4 Å². The number of nitrogens with zero attached hydrogens (tertiary/aromatic N) is 2. The fraction of sp³-hybridized carbons (Fsp3) is 0. The standard InChI is InChI=1S/C11H6N2O2S/c14-11(10-6-12-13-16-10)9-5-7-3-1-2-4-8(7)15-9/h1-6H. The van der Waals surface area contributed by atoms with Gasteiger partial charge < -0.3 is 4.42 Å². The van der Waals surface area contributed by atoms with Crippen molar-refractivity contribution in [3.8, 4) is 0 Å². The molecule has 0 bridgehead atoms. The third-order valence-corrected chi connectivity index (χ3v) is 2.90. The van der Waals surface area contributed by atoms with E-state index in [2.05, 4.69) is 9.59 Å². The fourth-order valence-corrected chi connectivity index (χ4v) is 1.94. The summed E-state index contributed by atoms with van der Waals surface area (Å²) in [5.74, 6) is 0.151. The highest BCUT2D eigenvalue weighted by molar-refractivity contribution is 7.08. The maximum Gasteiger partial charge on any atom is 0.241 e. The van der Waals surface area contributed by atoms with Crippen LogP contribution in [0.25, 0.3) is 11.0 Å². The SMILES string of the molecule is O=C(c1cc2ccccc2o1)c1cnns1. The van der Waals surface area contributed by atoms with Crippen molar-refractivity contribution >= 4 is 28.3 Å². The molecule has 0 unspecified atom stereocenters. The molecule has 2 aromatic heterocycles. The molecular formula is C11H6N2O2S. The quantitative estimate of drug-likeness (QED) is 0.635. The Morgan fingerprint density at radius 2 is 2.19 bits per heavy atom. The number of carbonyl (C=O) groups is 1. The number of carbonyl (C=O) groups excluding carboxylic acids is 1. The molecule has 3 aromatic rings. The molecule has 0 saturated carbocycles. The number of rotatable bonds is 2. The van der Waals surface area contributed by atoms with Gasteiger partial charge in [-0.2, -0.15) is 0 Å². The lowest BCUT2D eigenvalue weighted by Gasteiger charge is -1.88. The Bertz CT molecular complexity index is 610. The third kappa shape index (κ3) is 1.42. The van der Waals surface area contributed by atoms with Gasteiger partial charge in [-0.3, -0.25) is 4.79 Å². The van der Waals surface area contributed by atoms with Gasteiger partial charge in [0.25, 0.3) is 0 Å². The second-order valence-corrected chi connectivity index (χ2v) is 4.05. The lowest BCUT2D eigenvalue weighted by atomic mass is 10.2. The van der Waals surface area contributed by atoms with Crippen LogP contribution < -0.4 is 0 Å². The highest BCUT2D eigenvalue weighted by Crippen LogP contribution is 2.21. The number of ketones is 1. The van der Waals surface area contributed by atoms with Crippen molar-refractivity contribution in [1.29, 1.82) is 0 Å². The van der Waals surface area contributed by atoms with E-state index in [0.717, 1.165) is 16.9 Å².